The second-order valence-electron chi connectivity index (χ2n) is 9.05. The molecule has 0 saturated carbocycles. The third kappa shape index (κ3) is 8.37. The van der Waals surface area contributed by atoms with Crippen LogP contribution < -0.4 is 5.32 Å². The number of hydrogen-bond acceptors (Lipinski definition) is 3. The Balaban J connectivity index is 2.10. The number of thioether (sulfide) groups is 1. The van der Waals surface area contributed by atoms with Crippen LogP contribution in [0.1, 0.15) is 49.9 Å². The summed E-state index contributed by atoms with van der Waals surface area (Å²) in [5.74, 6) is 0.337. The Morgan fingerprint density at radius 2 is 1.61 bits per heavy atom. The maximum atomic E-state index is 13.3. The van der Waals surface area contributed by atoms with Crippen LogP contribution in [0.15, 0.2) is 42.5 Å². The standard InChI is InChI=1S/C25H33FN2O2S/c1-17-11-18(2)13-21(12-17)15-31-16-23(29)28(14-20-7-9-22(26)10-8-20)19(3)24(30)27-25(4,5)6/h7-13,19H,14-16H2,1-6H3,(H,27,30). The minimum atomic E-state index is -0.640. The van der Waals surface area contributed by atoms with Crippen molar-refractivity contribution in [3.63, 3.8) is 0 Å². The number of halogens is 1. The van der Waals surface area contributed by atoms with Gasteiger partial charge >= 0.3 is 0 Å². The molecular formula is C25H33FN2O2S. The van der Waals surface area contributed by atoms with E-state index in [4.69, 9.17) is 0 Å². The first kappa shape index (κ1) is 24.9. The Labute approximate surface area is 189 Å². The van der Waals surface area contributed by atoms with Crippen LogP contribution in [0.3, 0.4) is 0 Å². The summed E-state index contributed by atoms with van der Waals surface area (Å²) in [6.45, 7) is 11.8. The predicted octanol–water partition coefficient (Wildman–Crippen LogP) is 5.01. The molecule has 0 bridgehead atoms. The molecule has 0 aliphatic carbocycles. The Kier molecular flexibility index (Phi) is 8.69. The van der Waals surface area contributed by atoms with Crippen LogP contribution in [0.25, 0.3) is 0 Å². The normalized spacial score (nSPS) is 12.4. The van der Waals surface area contributed by atoms with Gasteiger partial charge in [0.1, 0.15) is 11.9 Å². The minimum absolute atomic E-state index is 0.116. The molecule has 2 aromatic carbocycles. The summed E-state index contributed by atoms with van der Waals surface area (Å²) in [6.07, 6.45) is 0. The van der Waals surface area contributed by atoms with Gasteiger partial charge in [0.15, 0.2) is 0 Å². The molecule has 1 atom stereocenters. The van der Waals surface area contributed by atoms with E-state index in [-0.39, 0.29) is 29.9 Å². The van der Waals surface area contributed by atoms with Gasteiger partial charge in [-0.2, -0.15) is 0 Å². The highest BCUT2D eigenvalue weighted by Gasteiger charge is 2.28. The molecule has 2 rings (SSSR count). The Morgan fingerprint density at radius 3 is 2.16 bits per heavy atom. The molecular weight excluding hydrogens is 411 g/mol. The fourth-order valence-corrected chi connectivity index (χ4v) is 4.18. The van der Waals surface area contributed by atoms with Crippen LogP contribution in [0, 0.1) is 19.7 Å². The van der Waals surface area contributed by atoms with Gasteiger partial charge in [-0.3, -0.25) is 9.59 Å². The fraction of sp³-hybridized carbons (Fsp3) is 0.440. The largest absolute Gasteiger partial charge is 0.350 e. The van der Waals surface area contributed by atoms with Crippen molar-refractivity contribution in [2.45, 2.75) is 65.4 Å². The van der Waals surface area contributed by atoms with Crippen molar-refractivity contribution in [3.8, 4) is 0 Å². The molecule has 0 aliphatic rings. The summed E-state index contributed by atoms with van der Waals surface area (Å²) in [5.41, 5.74) is 3.97. The van der Waals surface area contributed by atoms with Gasteiger partial charge in [-0.05, 0) is 64.8 Å². The van der Waals surface area contributed by atoms with Gasteiger partial charge < -0.3 is 10.2 Å². The molecule has 6 heteroatoms. The van der Waals surface area contributed by atoms with Crippen LogP contribution in [0.4, 0.5) is 4.39 Å². The maximum Gasteiger partial charge on any atom is 0.242 e. The van der Waals surface area contributed by atoms with Crippen LogP contribution in [0.2, 0.25) is 0 Å². The highest BCUT2D eigenvalue weighted by atomic mass is 32.2. The van der Waals surface area contributed by atoms with Crippen molar-refractivity contribution < 1.29 is 14.0 Å². The molecule has 168 valence electrons. The van der Waals surface area contributed by atoms with E-state index >= 15 is 0 Å². The summed E-state index contributed by atoms with van der Waals surface area (Å²) >= 11 is 1.53. The van der Waals surface area contributed by atoms with Gasteiger partial charge in [-0.25, -0.2) is 4.39 Å². The van der Waals surface area contributed by atoms with Gasteiger partial charge in [0.05, 0.1) is 5.75 Å². The van der Waals surface area contributed by atoms with Gasteiger partial charge in [0.2, 0.25) is 11.8 Å². The Morgan fingerprint density at radius 1 is 1.03 bits per heavy atom. The van der Waals surface area contributed by atoms with Gasteiger partial charge in [-0.1, -0.05) is 41.5 Å². The highest BCUT2D eigenvalue weighted by Crippen LogP contribution is 2.18. The lowest BCUT2D eigenvalue weighted by molar-refractivity contribution is -0.139. The summed E-state index contributed by atoms with van der Waals surface area (Å²) in [5, 5.41) is 2.94. The molecule has 0 aromatic heterocycles. The van der Waals surface area contributed by atoms with E-state index in [1.54, 1.807) is 24.0 Å². The number of hydrogen-bond donors (Lipinski definition) is 1. The number of nitrogens with one attached hydrogen (secondary N) is 1. The number of benzene rings is 2. The van der Waals surface area contributed by atoms with E-state index in [2.05, 4.69) is 37.4 Å². The first-order chi connectivity index (χ1) is 14.4. The number of aryl methyl sites for hydroxylation is 2. The lowest BCUT2D eigenvalue weighted by atomic mass is 10.1. The van der Waals surface area contributed by atoms with Gasteiger partial charge in [-0.15, -0.1) is 11.8 Å². The first-order valence-corrected chi connectivity index (χ1v) is 11.6. The number of carbonyl (C=O) groups excluding carboxylic acids is 2. The van der Waals surface area contributed by atoms with Crippen molar-refractivity contribution in [1.29, 1.82) is 0 Å². The van der Waals surface area contributed by atoms with Crippen LogP contribution in [0.5, 0.6) is 0 Å². The van der Waals surface area contributed by atoms with Crippen LogP contribution in [-0.4, -0.2) is 34.0 Å². The average Bonchev–Trinajstić information content (AvgIpc) is 2.64. The quantitative estimate of drug-likeness (QED) is 0.623. The summed E-state index contributed by atoms with van der Waals surface area (Å²) in [6, 6.07) is 11.8. The molecule has 1 N–H and O–H groups in total. The zero-order chi connectivity index (χ0) is 23.2. The highest BCUT2D eigenvalue weighted by molar-refractivity contribution is 7.99. The lowest BCUT2D eigenvalue weighted by Crippen LogP contribution is -2.52. The smallest absolute Gasteiger partial charge is 0.242 e. The second-order valence-corrected chi connectivity index (χ2v) is 10.0. The zero-order valence-electron chi connectivity index (χ0n) is 19.3. The molecule has 0 fully saturated rings. The summed E-state index contributed by atoms with van der Waals surface area (Å²) in [7, 11) is 0. The van der Waals surface area contributed by atoms with E-state index in [1.807, 2.05) is 20.8 Å². The topological polar surface area (TPSA) is 49.4 Å². The fourth-order valence-electron chi connectivity index (χ4n) is 3.33. The third-order valence-corrected chi connectivity index (χ3v) is 5.70. The Bertz CT molecular complexity index is 886. The van der Waals surface area contributed by atoms with Crippen molar-refractivity contribution >= 4 is 23.6 Å². The number of amides is 2. The molecule has 0 heterocycles. The summed E-state index contributed by atoms with van der Waals surface area (Å²) in [4.78, 5) is 27.4. The maximum absolute atomic E-state index is 13.3. The number of rotatable bonds is 8. The van der Waals surface area contributed by atoms with E-state index in [9.17, 15) is 14.0 Å². The van der Waals surface area contributed by atoms with Crippen molar-refractivity contribution in [3.05, 3.63) is 70.5 Å². The molecule has 0 saturated heterocycles. The van der Waals surface area contributed by atoms with Gasteiger partial charge in [0, 0.05) is 17.8 Å². The Hall–Kier alpha value is -2.34. The summed E-state index contributed by atoms with van der Waals surface area (Å²) < 4.78 is 13.3. The molecule has 0 radical (unpaired) electrons. The predicted molar refractivity (Wildman–Crippen MR) is 126 cm³/mol. The van der Waals surface area contributed by atoms with E-state index in [1.165, 1.54) is 40.6 Å². The van der Waals surface area contributed by atoms with Crippen LogP contribution in [-0.2, 0) is 21.9 Å². The van der Waals surface area contributed by atoms with Crippen molar-refractivity contribution in [1.82, 2.24) is 10.2 Å². The molecule has 1 unspecified atom stereocenters. The van der Waals surface area contributed by atoms with Crippen molar-refractivity contribution in [2.75, 3.05) is 5.75 Å². The van der Waals surface area contributed by atoms with E-state index < -0.39 is 11.6 Å². The second kappa shape index (κ2) is 10.8. The number of carbonyl (C=O) groups is 2. The van der Waals surface area contributed by atoms with E-state index in [0.29, 0.717) is 0 Å². The monoisotopic (exact) mass is 444 g/mol. The molecule has 2 aromatic rings. The molecule has 31 heavy (non-hydrogen) atoms. The third-order valence-electron chi connectivity index (χ3n) is 4.71. The minimum Gasteiger partial charge on any atom is -0.350 e. The molecule has 0 spiro atoms. The van der Waals surface area contributed by atoms with Crippen molar-refractivity contribution in [2.24, 2.45) is 0 Å². The number of nitrogens with zero attached hydrogens (tertiary/aromatic N) is 1. The van der Waals surface area contributed by atoms with E-state index in [0.717, 1.165) is 11.3 Å². The molecule has 4 nitrogen and oxygen atoms in total. The average molecular weight is 445 g/mol. The van der Waals surface area contributed by atoms with Gasteiger partial charge in [0.25, 0.3) is 0 Å². The van der Waals surface area contributed by atoms with Crippen LogP contribution >= 0.6 is 11.8 Å². The lowest BCUT2D eigenvalue weighted by Gasteiger charge is -2.31. The SMILES string of the molecule is Cc1cc(C)cc(CSCC(=O)N(Cc2ccc(F)cc2)C(C)C(=O)NC(C)(C)C)c1. The molecule has 2 amide bonds. The zero-order valence-corrected chi connectivity index (χ0v) is 20.1. The first-order valence-electron chi connectivity index (χ1n) is 10.5. The molecule has 0 aliphatic heterocycles.